The minimum atomic E-state index is -0.464. The summed E-state index contributed by atoms with van der Waals surface area (Å²) in [6.07, 6.45) is 0.0995. The van der Waals surface area contributed by atoms with Gasteiger partial charge in [-0.2, -0.15) is 0 Å². The maximum Gasteiger partial charge on any atom is 0.308 e. The molecule has 26 heavy (non-hydrogen) atoms. The lowest BCUT2D eigenvalue weighted by Gasteiger charge is -2.14. The van der Waals surface area contributed by atoms with Gasteiger partial charge in [-0.25, -0.2) is 0 Å². The number of hydrogen-bond acceptors (Lipinski definition) is 5. The number of esters is 2. The van der Waals surface area contributed by atoms with E-state index >= 15 is 0 Å². The highest BCUT2D eigenvalue weighted by molar-refractivity contribution is 5.89. The van der Waals surface area contributed by atoms with Gasteiger partial charge in [-0.15, -0.1) is 0 Å². The molecule has 0 N–H and O–H groups in total. The van der Waals surface area contributed by atoms with Gasteiger partial charge >= 0.3 is 11.9 Å². The number of ether oxygens (including phenoxy) is 3. The molecule has 0 saturated heterocycles. The topological polar surface area (TPSA) is 61.8 Å². The highest BCUT2D eigenvalue weighted by Gasteiger charge is 2.47. The van der Waals surface area contributed by atoms with Gasteiger partial charge in [-0.3, -0.25) is 9.59 Å². The minimum Gasteiger partial charge on any atom is -0.481 e. The standard InChI is InChI=1S/C21H18O5/c1-11(24-12(2)22)16-10-17-19-15-7-5-4-6-14(15)8-9-18(19)26-21(17)20(16)25-13(3)23/h4-9,17,21H,1,10H2,2-3H3/t17-,21+/m1/s1. The molecule has 5 nitrogen and oxygen atoms in total. The summed E-state index contributed by atoms with van der Waals surface area (Å²) in [5.74, 6) is 0.447. The summed E-state index contributed by atoms with van der Waals surface area (Å²) in [7, 11) is 0. The van der Waals surface area contributed by atoms with E-state index in [-0.39, 0.29) is 11.7 Å². The summed E-state index contributed by atoms with van der Waals surface area (Å²) in [5.41, 5.74) is 1.70. The molecule has 132 valence electrons. The van der Waals surface area contributed by atoms with Crippen LogP contribution in [0.5, 0.6) is 5.75 Å². The summed E-state index contributed by atoms with van der Waals surface area (Å²) < 4.78 is 16.7. The van der Waals surface area contributed by atoms with Crippen LogP contribution in [0.3, 0.4) is 0 Å². The van der Waals surface area contributed by atoms with Crippen molar-refractivity contribution in [2.45, 2.75) is 32.3 Å². The van der Waals surface area contributed by atoms with E-state index in [0.717, 1.165) is 22.1 Å². The molecule has 0 unspecified atom stereocenters. The lowest BCUT2D eigenvalue weighted by atomic mass is 9.91. The van der Waals surface area contributed by atoms with Gasteiger partial charge in [0.05, 0.1) is 0 Å². The fourth-order valence-corrected chi connectivity index (χ4v) is 3.83. The molecule has 0 bridgehead atoms. The highest BCUT2D eigenvalue weighted by atomic mass is 16.6. The second-order valence-electron chi connectivity index (χ2n) is 6.50. The van der Waals surface area contributed by atoms with Gasteiger partial charge in [0.15, 0.2) is 11.9 Å². The second kappa shape index (κ2) is 6.02. The first kappa shape index (κ1) is 16.4. The number of hydrogen-bond donors (Lipinski definition) is 0. The monoisotopic (exact) mass is 350 g/mol. The molecule has 2 aromatic rings. The Morgan fingerprint density at radius 3 is 2.62 bits per heavy atom. The van der Waals surface area contributed by atoms with Crippen molar-refractivity contribution in [3.05, 3.63) is 65.6 Å². The van der Waals surface area contributed by atoms with E-state index in [1.807, 2.05) is 24.3 Å². The van der Waals surface area contributed by atoms with E-state index in [1.165, 1.54) is 13.8 Å². The predicted molar refractivity (Wildman–Crippen MR) is 95.4 cm³/mol. The van der Waals surface area contributed by atoms with Crippen LogP contribution in [0, 0.1) is 0 Å². The maximum absolute atomic E-state index is 11.6. The van der Waals surface area contributed by atoms with Gasteiger partial charge in [0.1, 0.15) is 11.5 Å². The Kier molecular flexibility index (Phi) is 3.80. The molecule has 2 atom stereocenters. The van der Waals surface area contributed by atoms with Crippen LogP contribution < -0.4 is 4.74 Å². The van der Waals surface area contributed by atoms with Crippen LogP contribution in [-0.2, 0) is 19.1 Å². The first-order chi connectivity index (χ1) is 12.5. The van der Waals surface area contributed by atoms with Crippen LogP contribution in [0.2, 0.25) is 0 Å². The van der Waals surface area contributed by atoms with Crippen molar-refractivity contribution in [2.24, 2.45) is 0 Å². The summed E-state index contributed by atoms with van der Waals surface area (Å²) in [4.78, 5) is 22.9. The number of carbonyl (C=O) groups excluding carboxylic acids is 2. The van der Waals surface area contributed by atoms with Crippen LogP contribution in [0.15, 0.2) is 60.1 Å². The Hall–Kier alpha value is -3.08. The largest absolute Gasteiger partial charge is 0.481 e. The summed E-state index contributed by atoms with van der Waals surface area (Å²) in [5, 5.41) is 2.23. The number of allylic oxidation sites excluding steroid dienone is 1. The first-order valence-corrected chi connectivity index (χ1v) is 8.43. The maximum atomic E-state index is 11.6. The Labute approximate surface area is 150 Å². The molecule has 2 aliphatic rings. The Balaban J connectivity index is 1.78. The lowest BCUT2D eigenvalue weighted by Crippen LogP contribution is -2.20. The third-order valence-electron chi connectivity index (χ3n) is 4.76. The van der Waals surface area contributed by atoms with Gasteiger partial charge in [-0.05, 0) is 23.3 Å². The van der Waals surface area contributed by atoms with Crippen molar-refractivity contribution in [3.63, 3.8) is 0 Å². The van der Waals surface area contributed by atoms with E-state index in [9.17, 15) is 9.59 Å². The predicted octanol–water partition coefficient (Wildman–Crippen LogP) is 3.98. The van der Waals surface area contributed by atoms with E-state index in [2.05, 4.69) is 18.7 Å². The van der Waals surface area contributed by atoms with Gasteiger partial charge in [0.25, 0.3) is 0 Å². The molecule has 0 radical (unpaired) electrons. The highest BCUT2D eigenvalue weighted by Crippen LogP contribution is 2.53. The molecule has 1 heterocycles. The van der Waals surface area contributed by atoms with Crippen LogP contribution in [0.25, 0.3) is 10.8 Å². The van der Waals surface area contributed by atoms with Crippen molar-refractivity contribution in [3.8, 4) is 5.75 Å². The van der Waals surface area contributed by atoms with Gasteiger partial charge in [0.2, 0.25) is 0 Å². The van der Waals surface area contributed by atoms with E-state index in [1.54, 1.807) is 0 Å². The van der Waals surface area contributed by atoms with Crippen LogP contribution in [0.1, 0.15) is 31.7 Å². The van der Waals surface area contributed by atoms with E-state index in [0.29, 0.717) is 17.8 Å². The van der Waals surface area contributed by atoms with Crippen molar-refractivity contribution in [2.75, 3.05) is 0 Å². The minimum absolute atomic E-state index is 0.0206. The van der Waals surface area contributed by atoms with Gasteiger partial charge in [-0.1, -0.05) is 36.9 Å². The fraction of sp³-hybridized carbons (Fsp3) is 0.238. The molecule has 0 fully saturated rings. The Morgan fingerprint density at radius 1 is 1.12 bits per heavy atom. The number of rotatable bonds is 3. The first-order valence-electron chi connectivity index (χ1n) is 8.43. The summed E-state index contributed by atoms with van der Waals surface area (Å²) >= 11 is 0. The zero-order valence-electron chi connectivity index (χ0n) is 14.6. The SMILES string of the molecule is C=C(OC(C)=O)C1=C(OC(C)=O)[C@H]2Oc3ccc4ccccc4c3[C@H]2C1. The quantitative estimate of drug-likeness (QED) is 0.619. The van der Waals surface area contributed by atoms with E-state index < -0.39 is 18.0 Å². The molecule has 1 aliphatic carbocycles. The van der Waals surface area contributed by atoms with Crippen LogP contribution in [-0.4, -0.2) is 18.0 Å². The average molecular weight is 350 g/mol. The van der Waals surface area contributed by atoms with Crippen molar-refractivity contribution < 1.29 is 23.8 Å². The third kappa shape index (κ3) is 2.56. The van der Waals surface area contributed by atoms with Gasteiger partial charge < -0.3 is 14.2 Å². The third-order valence-corrected chi connectivity index (χ3v) is 4.76. The van der Waals surface area contributed by atoms with Crippen LogP contribution >= 0.6 is 0 Å². The molecule has 0 aromatic heterocycles. The Morgan fingerprint density at radius 2 is 1.88 bits per heavy atom. The smallest absolute Gasteiger partial charge is 0.308 e. The zero-order chi connectivity index (χ0) is 18.4. The molecule has 0 amide bonds. The molecule has 0 saturated carbocycles. The van der Waals surface area contributed by atoms with E-state index in [4.69, 9.17) is 14.2 Å². The fourth-order valence-electron chi connectivity index (χ4n) is 3.83. The molecular formula is C21H18O5. The number of fused-ring (bicyclic) bond motifs is 5. The molecule has 0 spiro atoms. The zero-order valence-corrected chi connectivity index (χ0v) is 14.6. The van der Waals surface area contributed by atoms with Crippen molar-refractivity contribution >= 4 is 22.7 Å². The van der Waals surface area contributed by atoms with Gasteiger partial charge in [0, 0.05) is 30.9 Å². The summed E-state index contributed by atoms with van der Waals surface area (Å²) in [6, 6.07) is 12.1. The van der Waals surface area contributed by atoms with Crippen LogP contribution in [0.4, 0.5) is 0 Å². The summed E-state index contributed by atoms with van der Waals surface area (Å²) in [6.45, 7) is 6.48. The average Bonchev–Trinajstić information content (AvgIpc) is 3.11. The van der Waals surface area contributed by atoms with Crippen molar-refractivity contribution in [1.82, 2.24) is 0 Å². The molecule has 5 heteroatoms. The lowest BCUT2D eigenvalue weighted by molar-refractivity contribution is -0.138. The molecule has 2 aromatic carbocycles. The molecule has 1 aliphatic heterocycles. The van der Waals surface area contributed by atoms with Crippen molar-refractivity contribution in [1.29, 1.82) is 0 Å². The number of benzene rings is 2. The normalized spacial score (nSPS) is 20.4. The second-order valence-corrected chi connectivity index (χ2v) is 6.50. The number of carbonyl (C=O) groups is 2. The Bertz CT molecular complexity index is 985. The molecular weight excluding hydrogens is 332 g/mol. The molecule has 4 rings (SSSR count).